The number of methoxy groups -OCH3 is 1. The molecular formula is C22H21FN2O4S. The van der Waals surface area contributed by atoms with Gasteiger partial charge in [-0.15, -0.1) is 0 Å². The molecule has 0 aliphatic carbocycles. The molecule has 3 rings (SSSR count). The van der Waals surface area contributed by atoms with Crippen LogP contribution in [-0.4, -0.2) is 27.5 Å². The van der Waals surface area contributed by atoms with Gasteiger partial charge in [-0.2, -0.15) is 4.72 Å². The van der Waals surface area contributed by atoms with Crippen LogP contribution in [0.3, 0.4) is 0 Å². The molecule has 0 heterocycles. The predicted molar refractivity (Wildman–Crippen MR) is 112 cm³/mol. The number of hydrogen-bond donors (Lipinski definition) is 2. The van der Waals surface area contributed by atoms with Gasteiger partial charge in [0.25, 0.3) is 0 Å². The van der Waals surface area contributed by atoms with E-state index in [9.17, 15) is 17.6 Å². The molecule has 30 heavy (non-hydrogen) atoms. The Morgan fingerprint density at radius 2 is 1.60 bits per heavy atom. The third kappa shape index (κ3) is 5.43. The second-order valence-electron chi connectivity index (χ2n) is 6.51. The van der Waals surface area contributed by atoms with Crippen LogP contribution in [0.25, 0.3) is 0 Å². The minimum atomic E-state index is -4.06. The lowest BCUT2D eigenvalue weighted by molar-refractivity contribution is -0.117. The summed E-state index contributed by atoms with van der Waals surface area (Å²) in [4.78, 5) is 12.9. The lowest BCUT2D eigenvalue weighted by atomic mass is 10.1. The molecule has 0 bridgehead atoms. The molecule has 0 aliphatic rings. The van der Waals surface area contributed by atoms with E-state index in [-0.39, 0.29) is 11.3 Å². The molecule has 0 saturated carbocycles. The zero-order valence-electron chi connectivity index (χ0n) is 16.2. The maximum Gasteiger partial charge on any atom is 0.243 e. The van der Waals surface area contributed by atoms with Gasteiger partial charge in [-0.1, -0.05) is 42.5 Å². The van der Waals surface area contributed by atoms with Crippen molar-refractivity contribution in [2.45, 2.75) is 17.4 Å². The van der Waals surface area contributed by atoms with E-state index in [1.807, 2.05) is 6.07 Å². The molecule has 156 valence electrons. The molecule has 0 radical (unpaired) electrons. The van der Waals surface area contributed by atoms with Crippen molar-refractivity contribution in [3.63, 3.8) is 0 Å². The quantitative estimate of drug-likeness (QED) is 0.576. The second-order valence-corrected chi connectivity index (χ2v) is 8.22. The number of benzene rings is 3. The summed E-state index contributed by atoms with van der Waals surface area (Å²) in [5.41, 5.74) is 1.20. The molecule has 0 aromatic heterocycles. The normalized spacial score (nSPS) is 12.2. The van der Waals surface area contributed by atoms with Gasteiger partial charge in [-0.05, 0) is 48.4 Å². The molecular weight excluding hydrogens is 407 g/mol. The molecule has 6 nitrogen and oxygen atoms in total. The van der Waals surface area contributed by atoms with Crippen molar-refractivity contribution in [2.75, 3.05) is 12.4 Å². The summed E-state index contributed by atoms with van der Waals surface area (Å²) in [5, 5.41) is 2.71. The van der Waals surface area contributed by atoms with Crippen LogP contribution in [0.2, 0.25) is 0 Å². The van der Waals surface area contributed by atoms with Gasteiger partial charge in [0.05, 0.1) is 17.7 Å². The number of ether oxygens (including phenoxy) is 1. The minimum absolute atomic E-state index is 0.127. The van der Waals surface area contributed by atoms with Gasteiger partial charge in [-0.3, -0.25) is 4.79 Å². The standard InChI is InChI=1S/C22H21FN2O4S/c1-29-21-10-6-5-9-19(21)24-22(26)20(15-16-7-3-2-4-8-16)25-30(27,28)18-13-11-17(23)12-14-18/h2-14,20,25H,15H2,1H3,(H,24,26)/t20-/m0/s1. The maximum atomic E-state index is 13.2. The molecule has 2 N–H and O–H groups in total. The number of rotatable bonds is 8. The second kappa shape index (κ2) is 9.51. The molecule has 8 heteroatoms. The Labute approximate surface area is 174 Å². The highest BCUT2D eigenvalue weighted by molar-refractivity contribution is 7.89. The fourth-order valence-electron chi connectivity index (χ4n) is 2.87. The summed E-state index contributed by atoms with van der Waals surface area (Å²) in [6.45, 7) is 0. The Balaban J connectivity index is 1.88. The van der Waals surface area contributed by atoms with Crippen LogP contribution in [0.5, 0.6) is 5.75 Å². The fourth-order valence-corrected chi connectivity index (χ4v) is 4.07. The average Bonchev–Trinajstić information content (AvgIpc) is 2.74. The minimum Gasteiger partial charge on any atom is -0.495 e. The van der Waals surface area contributed by atoms with Crippen LogP contribution in [-0.2, 0) is 21.2 Å². The van der Waals surface area contributed by atoms with Gasteiger partial charge in [0.15, 0.2) is 0 Å². The average molecular weight is 428 g/mol. The first-order chi connectivity index (χ1) is 14.4. The van der Waals surface area contributed by atoms with E-state index < -0.39 is 27.8 Å². The number of halogens is 1. The van der Waals surface area contributed by atoms with E-state index in [4.69, 9.17) is 4.74 Å². The van der Waals surface area contributed by atoms with Gasteiger partial charge in [-0.25, -0.2) is 12.8 Å². The summed E-state index contributed by atoms with van der Waals surface area (Å²) < 4.78 is 46.4. The Hall–Kier alpha value is -3.23. The topological polar surface area (TPSA) is 84.5 Å². The number of amides is 1. The zero-order chi connectivity index (χ0) is 21.6. The number of carbonyl (C=O) groups is 1. The van der Waals surface area contributed by atoms with E-state index in [0.29, 0.717) is 11.4 Å². The lowest BCUT2D eigenvalue weighted by Crippen LogP contribution is -2.45. The number of carbonyl (C=O) groups excluding carboxylic acids is 1. The first-order valence-electron chi connectivity index (χ1n) is 9.15. The van der Waals surface area contributed by atoms with Crippen molar-refractivity contribution in [2.24, 2.45) is 0 Å². The summed E-state index contributed by atoms with van der Waals surface area (Å²) in [6, 6.07) is 19.2. The Morgan fingerprint density at radius 1 is 0.967 bits per heavy atom. The summed E-state index contributed by atoms with van der Waals surface area (Å²) in [7, 11) is -2.58. The Morgan fingerprint density at radius 3 is 2.27 bits per heavy atom. The lowest BCUT2D eigenvalue weighted by Gasteiger charge is -2.19. The van der Waals surface area contributed by atoms with E-state index in [1.165, 1.54) is 7.11 Å². The van der Waals surface area contributed by atoms with Crippen molar-refractivity contribution < 1.29 is 22.3 Å². The predicted octanol–water partition coefficient (Wildman–Crippen LogP) is 3.36. The van der Waals surface area contributed by atoms with Gasteiger partial charge >= 0.3 is 0 Å². The van der Waals surface area contributed by atoms with Crippen molar-refractivity contribution in [1.29, 1.82) is 0 Å². The van der Waals surface area contributed by atoms with Crippen LogP contribution >= 0.6 is 0 Å². The van der Waals surface area contributed by atoms with Crippen molar-refractivity contribution in [3.05, 3.63) is 90.2 Å². The molecule has 1 amide bonds. The number of para-hydroxylation sites is 2. The number of nitrogens with one attached hydrogen (secondary N) is 2. The smallest absolute Gasteiger partial charge is 0.243 e. The molecule has 0 fully saturated rings. The van der Waals surface area contributed by atoms with Crippen LogP contribution in [0.15, 0.2) is 83.8 Å². The van der Waals surface area contributed by atoms with Gasteiger partial charge < -0.3 is 10.1 Å². The van der Waals surface area contributed by atoms with Crippen molar-refractivity contribution in [1.82, 2.24) is 4.72 Å². The summed E-state index contributed by atoms with van der Waals surface area (Å²) >= 11 is 0. The summed E-state index contributed by atoms with van der Waals surface area (Å²) in [5.74, 6) is -0.650. The van der Waals surface area contributed by atoms with Crippen molar-refractivity contribution >= 4 is 21.6 Å². The molecule has 3 aromatic rings. The largest absolute Gasteiger partial charge is 0.495 e. The highest BCUT2D eigenvalue weighted by atomic mass is 32.2. The van der Waals surface area contributed by atoms with Crippen LogP contribution in [0.4, 0.5) is 10.1 Å². The van der Waals surface area contributed by atoms with E-state index in [2.05, 4.69) is 10.0 Å². The SMILES string of the molecule is COc1ccccc1NC(=O)[C@H](Cc1ccccc1)NS(=O)(=O)c1ccc(F)cc1. The molecule has 0 spiro atoms. The van der Waals surface area contributed by atoms with Gasteiger partial charge in [0.1, 0.15) is 17.6 Å². The monoisotopic (exact) mass is 428 g/mol. The number of sulfonamides is 1. The molecule has 0 unspecified atom stereocenters. The number of hydrogen-bond acceptors (Lipinski definition) is 4. The zero-order valence-corrected chi connectivity index (χ0v) is 17.0. The van der Waals surface area contributed by atoms with Crippen molar-refractivity contribution in [3.8, 4) is 5.75 Å². The first kappa shape index (κ1) is 21.5. The maximum absolute atomic E-state index is 13.2. The third-order valence-electron chi connectivity index (χ3n) is 4.39. The Kier molecular flexibility index (Phi) is 6.81. The number of anilines is 1. The van der Waals surface area contributed by atoms with E-state index >= 15 is 0 Å². The van der Waals surface area contributed by atoms with Crippen LogP contribution in [0, 0.1) is 5.82 Å². The molecule has 3 aromatic carbocycles. The third-order valence-corrected chi connectivity index (χ3v) is 5.87. The van der Waals surface area contributed by atoms with E-state index in [1.54, 1.807) is 48.5 Å². The molecule has 0 aliphatic heterocycles. The molecule has 1 atom stereocenters. The Bertz CT molecular complexity index is 1100. The highest BCUT2D eigenvalue weighted by Gasteiger charge is 2.27. The van der Waals surface area contributed by atoms with Crippen LogP contribution < -0.4 is 14.8 Å². The molecule has 0 saturated heterocycles. The summed E-state index contributed by atoms with van der Waals surface area (Å²) in [6.07, 6.45) is 0.127. The first-order valence-corrected chi connectivity index (χ1v) is 10.6. The van der Waals surface area contributed by atoms with Crippen LogP contribution in [0.1, 0.15) is 5.56 Å². The van der Waals surface area contributed by atoms with Gasteiger partial charge in [0, 0.05) is 0 Å². The highest BCUT2D eigenvalue weighted by Crippen LogP contribution is 2.23. The van der Waals surface area contributed by atoms with E-state index in [0.717, 1.165) is 29.8 Å². The van der Waals surface area contributed by atoms with Gasteiger partial charge in [0.2, 0.25) is 15.9 Å². The fraction of sp³-hybridized carbons (Fsp3) is 0.136.